The van der Waals surface area contributed by atoms with Crippen LogP contribution in [-0.2, 0) is 14.3 Å². The molecule has 0 bridgehead atoms. The van der Waals surface area contributed by atoms with E-state index in [0.29, 0.717) is 50.5 Å². The fourth-order valence-corrected chi connectivity index (χ4v) is 2.62. The molecule has 0 unspecified atom stereocenters. The number of nitrogens with one attached hydrogen (secondary N) is 1. The Hall–Kier alpha value is -2.41. The lowest BCUT2D eigenvalue weighted by Gasteiger charge is -2.35. The quantitative estimate of drug-likeness (QED) is 0.871. The average Bonchev–Trinajstić information content (AvgIpc) is 2.59. The van der Waals surface area contributed by atoms with Crippen LogP contribution in [0.25, 0.3) is 0 Å². The number of carbonyl (C=O) groups is 3. The van der Waals surface area contributed by atoms with E-state index in [9.17, 15) is 14.4 Å². The molecule has 1 aromatic rings. The Morgan fingerprint density at radius 1 is 1.12 bits per heavy atom. The van der Waals surface area contributed by atoms with E-state index in [1.54, 1.807) is 41.2 Å². The zero-order valence-electron chi connectivity index (χ0n) is 14.1. The summed E-state index contributed by atoms with van der Waals surface area (Å²) >= 11 is 0. The SMILES string of the molecule is COCCC(=O)N1CCN(C(=O)c2cccc(NC(C)=O)c2)CC1. The van der Waals surface area contributed by atoms with Crippen molar-refractivity contribution in [1.82, 2.24) is 9.80 Å². The maximum absolute atomic E-state index is 12.6. The summed E-state index contributed by atoms with van der Waals surface area (Å²) in [4.78, 5) is 39.1. The lowest BCUT2D eigenvalue weighted by atomic mass is 10.1. The van der Waals surface area contributed by atoms with Gasteiger partial charge in [-0.1, -0.05) is 6.07 Å². The molecule has 0 saturated carbocycles. The summed E-state index contributed by atoms with van der Waals surface area (Å²) in [6.45, 7) is 3.89. The van der Waals surface area contributed by atoms with Crippen molar-refractivity contribution in [3.8, 4) is 0 Å². The van der Waals surface area contributed by atoms with Gasteiger partial charge in [0.15, 0.2) is 0 Å². The molecule has 1 heterocycles. The van der Waals surface area contributed by atoms with E-state index in [1.807, 2.05) is 0 Å². The van der Waals surface area contributed by atoms with Crippen LogP contribution >= 0.6 is 0 Å². The highest BCUT2D eigenvalue weighted by molar-refractivity contribution is 5.97. The first-order valence-electron chi connectivity index (χ1n) is 7.95. The molecule has 1 fully saturated rings. The van der Waals surface area contributed by atoms with Crippen molar-refractivity contribution in [1.29, 1.82) is 0 Å². The first-order chi connectivity index (χ1) is 11.5. The number of nitrogens with zero attached hydrogens (tertiary/aromatic N) is 2. The number of ether oxygens (including phenoxy) is 1. The highest BCUT2D eigenvalue weighted by Crippen LogP contribution is 2.14. The van der Waals surface area contributed by atoms with E-state index in [2.05, 4.69) is 5.32 Å². The summed E-state index contributed by atoms with van der Waals surface area (Å²) in [5.74, 6) is -0.217. The van der Waals surface area contributed by atoms with Gasteiger partial charge in [0.05, 0.1) is 13.0 Å². The van der Waals surface area contributed by atoms with Crippen LogP contribution in [0.4, 0.5) is 5.69 Å². The Morgan fingerprint density at radius 3 is 2.42 bits per heavy atom. The van der Waals surface area contributed by atoms with Gasteiger partial charge in [0.1, 0.15) is 0 Å². The molecule has 1 aliphatic rings. The zero-order valence-corrected chi connectivity index (χ0v) is 14.1. The van der Waals surface area contributed by atoms with E-state index in [4.69, 9.17) is 4.74 Å². The lowest BCUT2D eigenvalue weighted by Crippen LogP contribution is -2.50. The minimum absolute atomic E-state index is 0.0524. The third kappa shape index (κ3) is 4.79. The number of hydrogen-bond donors (Lipinski definition) is 1. The fraction of sp³-hybridized carbons (Fsp3) is 0.471. The number of methoxy groups -OCH3 is 1. The van der Waals surface area contributed by atoms with Gasteiger partial charge >= 0.3 is 0 Å². The van der Waals surface area contributed by atoms with Crippen molar-refractivity contribution in [2.75, 3.05) is 45.2 Å². The van der Waals surface area contributed by atoms with Gasteiger partial charge in [-0.05, 0) is 18.2 Å². The summed E-state index contributed by atoms with van der Waals surface area (Å²) in [5, 5.41) is 2.67. The highest BCUT2D eigenvalue weighted by Gasteiger charge is 2.24. The maximum atomic E-state index is 12.6. The number of carbonyl (C=O) groups excluding carboxylic acids is 3. The first-order valence-corrected chi connectivity index (χ1v) is 7.95. The molecule has 1 saturated heterocycles. The van der Waals surface area contributed by atoms with Crippen LogP contribution in [-0.4, -0.2) is 67.4 Å². The van der Waals surface area contributed by atoms with Crippen LogP contribution in [0.1, 0.15) is 23.7 Å². The van der Waals surface area contributed by atoms with E-state index in [0.717, 1.165) is 0 Å². The number of benzene rings is 1. The topological polar surface area (TPSA) is 79.0 Å². The van der Waals surface area contributed by atoms with Gasteiger partial charge < -0.3 is 19.9 Å². The van der Waals surface area contributed by atoms with E-state index in [1.165, 1.54) is 6.92 Å². The van der Waals surface area contributed by atoms with Crippen molar-refractivity contribution in [3.63, 3.8) is 0 Å². The zero-order chi connectivity index (χ0) is 17.5. The third-order valence-corrected chi connectivity index (χ3v) is 3.87. The normalized spacial score (nSPS) is 14.4. The Bertz CT molecular complexity index is 610. The van der Waals surface area contributed by atoms with E-state index >= 15 is 0 Å². The Balaban J connectivity index is 1.93. The molecule has 0 spiro atoms. The van der Waals surface area contributed by atoms with Crippen LogP contribution in [0.15, 0.2) is 24.3 Å². The van der Waals surface area contributed by atoms with Crippen molar-refractivity contribution in [2.45, 2.75) is 13.3 Å². The highest BCUT2D eigenvalue weighted by atomic mass is 16.5. The molecule has 2 rings (SSSR count). The predicted molar refractivity (Wildman–Crippen MR) is 89.7 cm³/mol. The van der Waals surface area contributed by atoms with E-state index < -0.39 is 0 Å². The minimum Gasteiger partial charge on any atom is -0.384 e. The van der Waals surface area contributed by atoms with Gasteiger partial charge in [0.25, 0.3) is 5.91 Å². The van der Waals surface area contributed by atoms with Crippen molar-refractivity contribution in [3.05, 3.63) is 29.8 Å². The second kappa shape index (κ2) is 8.44. The van der Waals surface area contributed by atoms with Crippen LogP contribution in [0.3, 0.4) is 0 Å². The smallest absolute Gasteiger partial charge is 0.254 e. The second-order valence-corrected chi connectivity index (χ2v) is 5.68. The van der Waals surface area contributed by atoms with Gasteiger partial charge in [0.2, 0.25) is 11.8 Å². The molecular weight excluding hydrogens is 310 g/mol. The summed E-state index contributed by atoms with van der Waals surface area (Å²) < 4.78 is 4.92. The summed E-state index contributed by atoms with van der Waals surface area (Å²) in [5.41, 5.74) is 1.13. The van der Waals surface area contributed by atoms with Gasteiger partial charge in [-0.2, -0.15) is 0 Å². The molecular formula is C17H23N3O4. The maximum Gasteiger partial charge on any atom is 0.254 e. The van der Waals surface area contributed by atoms with E-state index in [-0.39, 0.29) is 17.7 Å². The first kappa shape index (κ1) is 17.9. The summed E-state index contributed by atoms with van der Waals surface area (Å²) in [6.07, 6.45) is 0.364. The summed E-state index contributed by atoms with van der Waals surface area (Å²) in [7, 11) is 1.57. The summed E-state index contributed by atoms with van der Waals surface area (Å²) in [6, 6.07) is 6.87. The Morgan fingerprint density at radius 2 is 1.79 bits per heavy atom. The Labute approximate surface area is 141 Å². The van der Waals surface area contributed by atoms with Crippen LogP contribution < -0.4 is 5.32 Å². The van der Waals surface area contributed by atoms with Gasteiger partial charge in [-0.25, -0.2) is 0 Å². The standard InChI is InChI=1S/C17H23N3O4/c1-13(21)18-15-5-3-4-14(12-15)17(23)20-9-7-19(8-10-20)16(22)6-11-24-2/h3-5,12H,6-11H2,1-2H3,(H,18,21). The van der Waals surface area contributed by atoms with Crippen LogP contribution in [0.2, 0.25) is 0 Å². The van der Waals surface area contributed by atoms with Crippen LogP contribution in [0, 0.1) is 0 Å². The molecule has 7 nitrogen and oxygen atoms in total. The molecule has 1 aliphatic heterocycles. The molecule has 0 aliphatic carbocycles. The average molecular weight is 333 g/mol. The second-order valence-electron chi connectivity index (χ2n) is 5.68. The molecule has 3 amide bonds. The van der Waals surface area contributed by atoms with Crippen molar-refractivity contribution >= 4 is 23.4 Å². The number of piperazine rings is 1. The van der Waals surface area contributed by atoms with Crippen molar-refractivity contribution < 1.29 is 19.1 Å². The predicted octanol–water partition coefficient (Wildman–Crippen LogP) is 0.966. The molecule has 0 atom stereocenters. The lowest BCUT2D eigenvalue weighted by molar-refractivity contribution is -0.133. The minimum atomic E-state index is -0.178. The number of rotatable bonds is 5. The molecule has 7 heteroatoms. The molecule has 130 valence electrons. The number of amides is 3. The fourth-order valence-electron chi connectivity index (χ4n) is 2.62. The molecule has 0 radical (unpaired) electrons. The Kier molecular flexibility index (Phi) is 6.31. The number of hydrogen-bond acceptors (Lipinski definition) is 4. The van der Waals surface area contributed by atoms with Gasteiger partial charge in [-0.15, -0.1) is 0 Å². The van der Waals surface area contributed by atoms with Gasteiger partial charge in [0, 0.05) is 51.5 Å². The largest absolute Gasteiger partial charge is 0.384 e. The third-order valence-electron chi connectivity index (χ3n) is 3.87. The molecule has 1 N–H and O–H groups in total. The molecule has 1 aromatic carbocycles. The van der Waals surface area contributed by atoms with Crippen molar-refractivity contribution in [2.24, 2.45) is 0 Å². The number of anilines is 1. The monoisotopic (exact) mass is 333 g/mol. The van der Waals surface area contributed by atoms with Gasteiger partial charge in [-0.3, -0.25) is 14.4 Å². The van der Waals surface area contributed by atoms with Crippen LogP contribution in [0.5, 0.6) is 0 Å². The molecule has 0 aromatic heterocycles. The molecule has 24 heavy (non-hydrogen) atoms.